The summed E-state index contributed by atoms with van der Waals surface area (Å²) < 4.78 is 14.6. The molecule has 2 aromatic carbocycles. The molecule has 0 aliphatic carbocycles. The summed E-state index contributed by atoms with van der Waals surface area (Å²) in [6.07, 6.45) is -1.98. The summed E-state index contributed by atoms with van der Waals surface area (Å²) in [6.45, 7) is 1.01. The van der Waals surface area contributed by atoms with Crippen LogP contribution in [-0.4, -0.2) is 88.8 Å². The summed E-state index contributed by atoms with van der Waals surface area (Å²) >= 11 is 0. The number of carbonyl (C=O) groups is 1. The quantitative estimate of drug-likeness (QED) is 0.122. The number of anilines is 2. The lowest BCUT2D eigenvalue weighted by Crippen LogP contribution is -2.42. The third-order valence-corrected chi connectivity index (χ3v) is 7.48. The molecule has 1 aliphatic rings. The molecule has 44 heavy (non-hydrogen) atoms. The molecule has 1 fully saturated rings. The van der Waals surface area contributed by atoms with Gasteiger partial charge in [-0.25, -0.2) is 9.97 Å². The first-order valence-electron chi connectivity index (χ1n) is 15.0. The summed E-state index contributed by atoms with van der Waals surface area (Å²) in [7, 11) is 0. The topological polar surface area (TPSA) is 188 Å². The van der Waals surface area contributed by atoms with Crippen molar-refractivity contribution in [2.75, 3.05) is 30.3 Å². The number of benzene rings is 2. The zero-order chi connectivity index (χ0) is 31.2. The SMILES string of the molecule is [2H]CCNC(=O)[C@H]1OC(n2cnc3c(NCC(c4ccccc4)c4ccccc4)nc(NCCc4ncn[nH]4)nc32)[C@H](O)[C@@H]1O. The van der Waals surface area contributed by atoms with E-state index in [-0.39, 0.29) is 19.4 Å². The van der Waals surface area contributed by atoms with E-state index in [1.165, 1.54) is 17.2 Å². The van der Waals surface area contributed by atoms with Crippen LogP contribution >= 0.6 is 0 Å². The first kappa shape index (κ1) is 27.9. The van der Waals surface area contributed by atoms with E-state index in [1.807, 2.05) is 36.4 Å². The molecule has 0 saturated carbocycles. The molecule has 1 amide bonds. The van der Waals surface area contributed by atoms with Crippen molar-refractivity contribution in [3.8, 4) is 0 Å². The molecule has 0 spiro atoms. The minimum Gasteiger partial charge on any atom is -0.387 e. The fourth-order valence-electron chi connectivity index (χ4n) is 5.28. The zero-order valence-electron chi connectivity index (χ0n) is 24.7. The first-order chi connectivity index (χ1) is 22.0. The fraction of sp³-hybridized carbons (Fsp3) is 0.333. The summed E-state index contributed by atoms with van der Waals surface area (Å²) in [4.78, 5) is 30.7. The van der Waals surface area contributed by atoms with Gasteiger partial charge in [0, 0.05) is 33.3 Å². The van der Waals surface area contributed by atoms with Gasteiger partial charge in [-0.3, -0.25) is 14.5 Å². The van der Waals surface area contributed by atoms with Crippen LogP contribution in [0.2, 0.25) is 0 Å². The largest absolute Gasteiger partial charge is 0.387 e. The van der Waals surface area contributed by atoms with Crippen LogP contribution in [0, 0.1) is 0 Å². The number of imidazole rings is 1. The second kappa shape index (κ2) is 13.2. The van der Waals surface area contributed by atoms with Gasteiger partial charge < -0.3 is 30.9 Å². The molecule has 4 atom stereocenters. The van der Waals surface area contributed by atoms with Gasteiger partial charge in [0.05, 0.1) is 6.33 Å². The number of nitrogens with one attached hydrogen (secondary N) is 4. The molecule has 6 N–H and O–H groups in total. The van der Waals surface area contributed by atoms with Gasteiger partial charge in [0.15, 0.2) is 29.3 Å². The van der Waals surface area contributed by atoms with Gasteiger partial charge in [-0.1, -0.05) is 60.7 Å². The predicted molar refractivity (Wildman–Crippen MR) is 162 cm³/mol. The monoisotopic (exact) mass is 599 g/mol. The normalized spacial score (nSPS) is 20.1. The van der Waals surface area contributed by atoms with Gasteiger partial charge >= 0.3 is 0 Å². The van der Waals surface area contributed by atoms with Crippen LogP contribution in [0.3, 0.4) is 0 Å². The summed E-state index contributed by atoms with van der Waals surface area (Å²) in [5, 5.41) is 37.5. The summed E-state index contributed by atoms with van der Waals surface area (Å²) in [6, 6.07) is 20.3. The Labute approximate surface area is 254 Å². The molecule has 0 bridgehead atoms. The van der Waals surface area contributed by atoms with Crippen LogP contribution in [0.1, 0.15) is 37.4 Å². The molecule has 6 rings (SSSR count). The Morgan fingerprint density at radius 2 is 1.80 bits per heavy atom. The number of aromatic amines is 1. The Balaban J connectivity index is 1.31. The Kier molecular flexibility index (Phi) is 8.34. The highest BCUT2D eigenvalue weighted by Crippen LogP contribution is 2.33. The molecule has 0 radical (unpaired) electrons. The van der Waals surface area contributed by atoms with E-state index in [2.05, 4.69) is 65.4 Å². The lowest BCUT2D eigenvalue weighted by molar-refractivity contribution is -0.137. The highest BCUT2D eigenvalue weighted by atomic mass is 16.6. The van der Waals surface area contributed by atoms with Gasteiger partial charge in [0.2, 0.25) is 5.95 Å². The number of amides is 1. The lowest BCUT2D eigenvalue weighted by atomic mass is 9.91. The average molecular weight is 600 g/mol. The van der Waals surface area contributed by atoms with E-state index in [4.69, 9.17) is 11.1 Å². The number of hydrogen-bond donors (Lipinski definition) is 6. The number of carbonyl (C=O) groups excluding carboxylic acids is 1. The van der Waals surface area contributed by atoms with Crippen molar-refractivity contribution in [3.05, 3.63) is 90.3 Å². The minimum atomic E-state index is -1.49. The number of nitrogens with zero attached hydrogens (tertiary/aromatic N) is 6. The van der Waals surface area contributed by atoms with Gasteiger partial charge in [-0.15, -0.1) is 0 Å². The number of aliphatic hydroxyl groups excluding tert-OH is 2. The third-order valence-electron chi connectivity index (χ3n) is 7.48. The number of H-pyrrole nitrogens is 1. The molecule has 5 aromatic rings. The molecule has 1 aliphatic heterocycles. The maximum atomic E-state index is 12.6. The average Bonchev–Trinajstić information content (AvgIpc) is 3.81. The number of hydrogen-bond acceptors (Lipinski definition) is 11. The van der Waals surface area contributed by atoms with Crippen molar-refractivity contribution in [2.45, 2.75) is 43.8 Å². The molecule has 1 unspecified atom stereocenters. The van der Waals surface area contributed by atoms with Crippen molar-refractivity contribution in [1.82, 2.24) is 40.0 Å². The van der Waals surface area contributed by atoms with Crippen LogP contribution in [-0.2, 0) is 16.0 Å². The van der Waals surface area contributed by atoms with E-state index in [0.717, 1.165) is 11.1 Å². The second-order valence-electron chi connectivity index (χ2n) is 10.3. The van der Waals surface area contributed by atoms with Gasteiger partial charge in [-0.05, 0) is 18.0 Å². The Morgan fingerprint density at radius 3 is 2.48 bits per heavy atom. The molecular formula is C30H34N10O4. The highest BCUT2D eigenvalue weighted by Gasteiger charge is 2.47. The Hall–Kier alpha value is -4.92. The molecule has 228 valence electrons. The van der Waals surface area contributed by atoms with Gasteiger partial charge in [0.25, 0.3) is 5.91 Å². The number of aromatic nitrogens is 7. The molecule has 3 aromatic heterocycles. The second-order valence-corrected chi connectivity index (χ2v) is 10.3. The molecule has 4 heterocycles. The molecule has 14 nitrogen and oxygen atoms in total. The number of ether oxygens (including phenoxy) is 1. The Bertz CT molecular complexity index is 1650. The number of rotatable bonds is 12. The lowest BCUT2D eigenvalue weighted by Gasteiger charge is -2.20. The van der Waals surface area contributed by atoms with E-state index in [9.17, 15) is 15.0 Å². The number of likely N-dealkylation sites (N-methyl/N-ethyl adjacent to an activating group) is 1. The van der Waals surface area contributed by atoms with Gasteiger partial charge in [0.1, 0.15) is 24.4 Å². The van der Waals surface area contributed by atoms with Crippen molar-refractivity contribution < 1.29 is 21.1 Å². The van der Waals surface area contributed by atoms with Crippen molar-refractivity contribution in [1.29, 1.82) is 0 Å². The highest BCUT2D eigenvalue weighted by molar-refractivity contribution is 5.85. The van der Waals surface area contributed by atoms with Gasteiger partial charge in [-0.2, -0.15) is 15.1 Å². The van der Waals surface area contributed by atoms with E-state index >= 15 is 0 Å². The summed E-state index contributed by atoms with van der Waals surface area (Å²) in [5.41, 5.74) is 3.00. The van der Waals surface area contributed by atoms with Crippen LogP contribution < -0.4 is 16.0 Å². The first-order valence-corrected chi connectivity index (χ1v) is 14.3. The van der Waals surface area contributed by atoms with Crippen molar-refractivity contribution >= 4 is 28.8 Å². The standard InChI is InChI=1S/C30H34N10O4/c1-2-31-28(43)25-23(41)24(42)29(44-25)40-17-35-22-26(37-30(38-27(22)40)32-14-13-21-34-16-36-39-21)33-15-20(18-9-5-3-6-10-18)19-11-7-4-8-12-19/h3-12,16-17,20,23-25,29,41-42H,2,13-15H2,1H3,(H,31,43)(H,34,36,39)(H2,32,33,37,38)/t23-,24+,25-,29?/m0/s1/i1D. The van der Waals surface area contributed by atoms with Crippen LogP contribution in [0.5, 0.6) is 0 Å². The van der Waals surface area contributed by atoms with Crippen molar-refractivity contribution in [2.24, 2.45) is 0 Å². The molecular weight excluding hydrogens is 564 g/mol. The van der Waals surface area contributed by atoms with Crippen molar-refractivity contribution in [3.63, 3.8) is 0 Å². The predicted octanol–water partition coefficient (Wildman–Crippen LogP) is 1.60. The Morgan fingerprint density at radius 1 is 1.05 bits per heavy atom. The van der Waals surface area contributed by atoms with E-state index in [0.29, 0.717) is 48.3 Å². The van der Waals surface area contributed by atoms with Crippen LogP contribution in [0.15, 0.2) is 73.3 Å². The summed E-state index contributed by atoms with van der Waals surface area (Å²) in [5.74, 6) is 0.836. The molecule has 1 saturated heterocycles. The number of aliphatic hydroxyl groups is 2. The molecule has 14 heteroatoms. The van der Waals surface area contributed by atoms with Crippen LogP contribution in [0.25, 0.3) is 11.2 Å². The maximum Gasteiger partial charge on any atom is 0.252 e. The zero-order valence-corrected chi connectivity index (χ0v) is 23.7. The maximum absolute atomic E-state index is 12.6. The number of fused-ring (bicyclic) bond motifs is 1. The fourth-order valence-corrected chi connectivity index (χ4v) is 5.28. The minimum absolute atomic E-state index is 0.000453. The smallest absolute Gasteiger partial charge is 0.252 e. The van der Waals surface area contributed by atoms with Crippen LogP contribution in [0.4, 0.5) is 11.8 Å². The third kappa shape index (κ3) is 6.08. The van der Waals surface area contributed by atoms with E-state index < -0.39 is 30.4 Å². The van der Waals surface area contributed by atoms with E-state index in [1.54, 1.807) is 0 Å².